The molecular weight excluding hydrogens is 230 g/mol. The third-order valence-electron chi connectivity index (χ3n) is 4.79. The topological polar surface area (TPSA) is 46.6 Å². The van der Waals surface area contributed by atoms with Crippen LogP contribution in [0.25, 0.3) is 0 Å². The molecule has 0 aromatic carbocycles. The molecule has 0 aromatic heterocycles. The predicted octanol–water partition coefficient (Wildman–Crippen LogP) is 1.59. The van der Waals surface area contributed by atoms with Crippen molar-refractivity contribution in [3.8, 4) is 0 Å². The van der Waals surface area contributed by atoms with Gasteiger partial charge in [0.15, 0.2) is 0 Å². The molecule has 1 heterocycles. The molecule has 1 saturated heterocycles. The second kappa shape index (κ2) is 4.56. The molecule has 100 valence electrons. The Morgan fingerprint density at radius 3 is 2.56 bits per heavy atom. The molecule has 0 bridgehead atoms. The predicted molar refractivity (Wildman–Crippen MR) is 65.7 cm³/mol. The number of fused-ring (bicyclic) bond motifs is 1. The third kappa shape index (κ3) is 1.82. The SMILES string of the molecule is CCOC(=O)C1CCCN1C(=O)C1C2CCCC21. The van der Waals surface area contributed by atoms with Gasteiger partial charge in [0.2, 0.25) is 5.91 Å². The zero-order valence-corrected chi connectivity index (χ0v) is 10.9. The fourth-order valence-electron chi connectivity index (χ4n) is 3.89. The zero-order valence-electron chi connectivity index (χ0n) is 10.9. The Balaban J connectivity index is 1.64. The minimum absolute atomic E-state index is 0.214. The molecule has 4 nitrogen and oxygen atoms in total. The van der Waals surface area contributed by atoms with Gasteiger partial charge in [0.05, 0.1) is 6.61 Å². The summed E-state index contributed by atoms with van der Waals surface area (Å²) in [5, 5.41) is 0. The summed E-state index contributed by atoms with van der Waals surface area (Å²) in [4.78, 5) is 26.1. The molecule has 0 aromatic rings. The highest BCUT2D eigenvalue weighted by atomic mass is 16.5. The van der Waals surface area contributed by atoms with E-state index < -0.39 is 0 Å². The van der Waals surface area contributed by atoms with E-state index in [1.54, 1.807) is 4.90 Å². The average molecular weight is 251 g/mol. The van der Waals surface area contributed by atoms with Crippen molar-refractivity contribution >= 4 is 11.9 Å². The van der Waals surface area contributed by atoms with E-state index in [1.165, 1.54) is 19.3 Å². The molecule has 1 aliphatic heterocycles. The molecule has 3 fully saturated rings. The van der Waals surface area contributed by atoms with Crippen molar-refractivity contribution in [2.45, 2.75) is 45.1 Å². The number of carbonyl (C=O) groups excluding carboxylic acids is 2. The second-order valence-corrected chi connectivity index (χ2v) is 5.73. The monoisotopic (exact) mass is 251 g/mol. The Morgan fingerprint density at radius 1 is 1.17 bits per heavy atom. The minimum atomic E-state index is -0.307. The van der Waals surface area contributed by atoms with Crippen molar-refractivity contribution < 1.29 is 14.3 Å². The number of carbonyl (C=O) groups is 2. The highest BCUT2D eigenvalue weighted by molar-refractivity contribution is 5.88. The molecule has 2 aliphatic carbocycles. The summed E-state index contributed by atoms with van der Waals surface area (Å²) in [7, 11) is 0. The van der Waals surface area contributed by atoms with E-state index in [1.807, 2.05) is 6.92 Å². The van der Waals surface area contributed by atoms with Gasteiger partial charge in [0.1, 0.15) is 6.04 Å². The van der Waals surface area contributed by atoms with Crippen molar-refractivity contribution in [3.05, 3.63) is 0 Å². The Bertz CT molecular complexity index is 358. The van der Waals surface area contributed by atoms with Crippen LogP contribution in [0.5, 0.6) is 0 Å². The van der Waals surface area contributed by atoms with E-state index in [0.717, 1.165) is 19.4 Å². The molecule has 3 rings (SSSR count). The molecule has 2 saturated carbocycles. The molecule has 3 atom stereocenters. The van der Waals surface area contributed by atoms with Crippen LogP contribution in [0.1, 0.15) is 39.0 Å². The maximum absolute atomic E-state index is 12.5. The Kier molecular flexibility index (Phi) is 3.04. The Morgan fingerprint density at radius 2 is 1.89 bits per heavy atom. The molecule has 4 heteroatoms. The van der Waals surface area contributed by atoms with Gasteiger partial charge < -0.3 is 9.64 Å². The molecule has 3 aliphatic rings. The number of amides is 1. The third-order valence-corrected chi connectivity index (χ3v) is 4.79. The number of likely N-dealkylation sites (tertiary alicyclic amines) is 1. The first kappa shape index (κ1) is 12.0. The number of nitrogens with zero attached hydrogens (tertiary/aromatic N) is 1. The van der Waals surface area contributed by atoms with Gasteiger partial charge in [0, 0.05) is 12.5 Å². The Labute approximate surface area is 108 Å². The van der Waals surface area contributed by atoms with E-state index in [9.17, 15) is 9.59 Å². The maximum atomic E-state index is 12.5. The maximum Gasteiger partial charge on any atom is 0.328 e. The average Bonchev–Trinajstić information content (AvgIpc) is 2.77. The number of ether oxygens (including phenoxy) is 1. The van der Waals surface area contributed by atoms with Crippen LogP contribution in [0.4, 0.5) is 0 Å². The normalized spacial score (nSPS) is 37.5. The van der Waals surface area contributed by atoms with Crippen LogP contribution in [0, 0.1) is 17.8 Å². The van der Waals surface area contributed by atoms with E-state index >= 15 is 0 Å². The smallest absolute Gasteiger partial charge is 0.328 e. The van der Waals surface area contributed by atoms with E-state index in [4.69, 9.17) is 4.74 Å². The van der Waals surface area contributed by atoms with Crippen LogP contribution in [-0.2, 0) is 14.3 Å². The van der Waals surface area contributed by atoms with Crippen molar-refractivity contribution in [3.63, 3.8) is 0 Å². The summed E-state index contributed by atoms with van der Waals surface area (Å²) in [6.45, 7) is 2.94. The summed E-state index contributed by atoms with van der Waals surface area (Å²) < 4.78 is 5.07. The van der Waals surface area contributed by atoms with E-state index in [-0.39, 0.29) is 23.8 Å². The second-order valence-electron chi connectivity index (χ2n) is 5.73. The van der Waals surface area contributed by atoms with Crippen LogP contribution >= 0.6 is 0 Å². The molecule has 0 radical (unpaired) electrons. The standard InChI is InChI=1S/C14H21NO3/c1-2-18-14(17)11-7-4-8-15(11)13(16)12-9-5-3-6-10(9)12/h9-12H,2-8H2,1H3. The molecule has 1 amide bonds. The van der Waals surface area contributed by atoms with Gasteiger partial charge in [-0.3, -0.25) is 4.79 Å². The van der Waals surface area contributed by atoms with Crippen molar-refractivity contribution in [2.75, 3.05) is 13.2 Å². The first-order valence-electron chi connectivity index (χ1n) is 7.21. The highest BCUT2D eigenvalue weighted by Crippen LogP contribution is 2.58. The molecule has 18 heavy (non-hydrogen) atoms. The number of rotatable bonds is 3. The lowest BCUT2D eigenvalue weighted by molar-refractivity contribution is -0.153. The summed E-state index contributed by atoms with van der Waals surface area (Å²) in [6.07, 6.45) is 5.39. The van der Waals surface area contributed by atoms with Crippen LogP contribution in [0.15, 0.2) is 0 Å². The number of hydrogen-bond donors (Lipinski definition) is 0. The minimum Gasteiger partial charge on any atom is -0.464 e. The van der Waals surface area contributed by atoms with Gasteiger partial charge in [-0.1, -0.05) is 6.42 Å². The lowest BCUT2D eigenvalue weighted by atomic mass is 10.1. The van der Waals surface area contributed by atoms with Crippen molar-refractivity contribution in [2.24, 2.45) is 17.8 Å². The quantitative estimate of drug-likeness (QED) is 0.716. The van der Waals surface area contributed by atoms with Gasteiger partial charge in [-0.2, -0.15) is 0 Å². The van der Waals surface area contributed by atoms with Crippen LogP contribution in [0.3, 0.4) is 0 Å². The molecule has 0 N–H and O–H groups in total. The first-order chi connectivity index (χ1) is 8.74. The lowest BCUT2D eigenvalue weighted by Crippen LogP contribution is -2.42. The fraction of sp³-hybridized carbons (Fsp3) is 0.857. The number of hydrogen-bond acceptors (Lipinski definition) is 3. The highest BCUT2D eigenvalue weighted by Gasteiger charge is 2.58. The van der Waals surface area contributed by atoms with Gasteiger partial charge in [-0.05, 0) is 44.4 Å². The van der Waals surface area contributed by atoms with Crippen LogP contribution in [0.2, 0.25) is 0 Å². The largest absolute Gasteiger partial charge is 0.464 e. The molecule has 0 spiro atoms. The van der Waals surface area contributed by atoms with E-state index in [2.05, 4.69) is 0 Å². The van der Waals surface area contributed by atoms with Crippen LogP contribution < -0.4 is 0 Å². The summed E-state index contributed by atoms with van der Waals surface area (Å²) in [6, 6.07) is -0.307. The van der Waals surface area contributed by atoms with Crippen LogP contribution in [-0.4, -0.2) is 36.0 Å². The summed E-state index contributed by atoms with van der Waals surface area (Å²) in [5.74, 6) is 1.49. The summed E-state index contributed by atoms with van der Waals surface area (Å²) in [5.41, 5.74) is 0. The number of esters is 1. The lowest BCUT2D eigenvalue weighted by Gasteiger charge is -2.23. The molecular formula is C14H21NO3. The zero-order chi connectivity index (χ0) is 12.7. The molecule has 3 unspecified atom stereocenters. The summed E-state index contributed by atoms with van der Waals surface area (Å²) >= 11 is 0. The van der Waals surface area contributed by atoms with Gasteiger partial charge in [-0.15, -0.1) is 0 Å². The van der Waals surface area contributed by atoms with Gasteiger partial charge >= 0.3 is 5.97 Å². The first-order valence-corrected chi connectivity index (χ1v) is 7.21. The Hall–Kier alpha value is -1.06. The van der Waals surface area contributed by atoms with Gasteiger partial charge in [-0.25, -0.2) is 4.79 Å². The fourth-order valence-corrected chi connectivity index (χ4v) is 3.89. The van der Waals surface area contributed by atoms with Crippen molar-refractivity contribution in [1.29, 1.82) is 0 Å². The van der Waals surface area contributed by atoms with Gasteiger partial charge in [0.25, 0.3) is 0 Å². The van der Waals surface area contributed by atoms with E-state index in [0.29, 0.717) is 18.4 Å². The van der Waals surface area contributed by atoms with Crippen molar-refractivity contribution in [1.82, 2.24) is 4.90 Å².